The van der Waals surface area contributed by atoms with Crippen LogP contribution in [-0.2, 0) is 0 Å². The zero-order chi connectivity index (χ0) is 12.4. The van der Waals surface area contributed by atoms with Gasteiger partial charge in [-0.3, -0.25) is 4.79 Å². The number of likely N-dealkylation sites (N-methyl/N-ethyl adjacent to an activating group) is 1. The summed E-state index contributed by atoms with van der Waals surface area (Å²) < 4.78 is 0. The number of Topliss-reactive ketones (excluding diaryl/α,β-unsaturated/α-hetero) is 1. The highest BCUT2D eigenvalue weighted by molar-refractivity contribution is 6.33. The maximum absolute atomic E-state index is 11.2. The van der Waals surface area contributed by atoms with Gasteiger partial charge in [0.2, 0.25) is 0 Å². The highest BCUT2D eigenvalue weighted by Crippen LogP contribution is 2.27. The molecule has 1 aromatic rings. The zero-order valence-corrected chi connectivity index (χ0v) is 13.4. The summed E-state index contributed by atoms with van der Waals surface area (Å²) in [5.74, 6) is 0.0526. The lowest BCUT2D eigenvalue weighted by atomic mass is 10.1. The van der Waals surface area contributed by atoms with Gasteiger partial charge >= 0.3 is 0 Å². The average molecular weight is 326 g/mol. The molecular formula is C13H19Cl3N2O. The van der Waals surface area contributed by atoms with Gasteiger partial charge in [-0.1, -0.05) is 11.6 Å². The van der Waals surface area contributed by atoms with Crippen LogP contribution in [0.25, 0.3) is 0 Å². The molecule has 0 atom stereocenters. The quantitative estimate of drug-likeness (QED) is 0.781. The number of carbonyl (C=O) groups is 1. The summed E-state index contributed by atoms with van der Waals surface area (Å²) >= 11 is 6.24. The summed E-state index contributed by atoms with van der Waals surface area (Å²) in [5.41, 5.74) is 1.71. The predicted octanol–water partition coefficient (Wildman–Crippen LogP) is 3.14. The molecule has 0 N–H and O–H groups in total. The van der Waals surface area contributed by atoms with E-state index in [1.54, 1.807) is 13.0 Å². The van der Waals surface area contributed by atoms with Crippen LogP contribution in [0, 0.1) is 0 Å². The minimum Gasteiger partial charge on any atom is -0.368 e. The Morgan fingerprint density at radius 3 is 2.21 bits per heavy atom. The number of hydrogen-bond donors (Lipinski definition) is 0. The van der Waals surface area contributed by atoms with Gasteiger partial charge in [0.25, 0.3) is 0 Å². The van der Waals surface area contributed by atoms with Crippen molar-refractivity contribution in [3.63, 3.8) is 0 Å². The van der Waals surface area contributed by atoms with Crippen LogP contribution in [0.5, 0.6) is 0 Å². The van der Waals surface area contributed by atoms with Crippen molar-refractivity contribution in [2.45, 2.75) is 6.92 Å². The Hall–Kier alpha value is -0.480. The summed E-state index contributed by atoms with van der Waals surface area (Å²) in [4.78, 5) is 15.8. The van der Waals surface area contributed by atoms with Gasteiger partial charge in [-0.05, 0) is 32.2 Å². The van der Waals surface area contributed by atoms with Crippen LogP contribution in [0.3, 0.4) is 0 Å². The third-order valence-electron chi connectivity index (χ3n) is 3.20. The van der Waals surface area contributed by atoms with Gasteiger partial charge in [-0.25, -0.2) is 0 Å². The minimum atomic E-state index is 0. The number of benzene rings is 1. The van der Waals surface area contributed by atoms with Gasteiger partial charge < -0.3 is 9.80 Å². The molecule has 108 valence electrons. The lowest BCUT2D eigenvalue weighted by Gasteiger charge is -2.34. The van der Waals surface area contributed by atoms with Crippen molar-refractivity contribution in [1.29, 1.82) is 0 Å². The number of piperazine rings is 1. The van der Waals surface area contributed by atoms with Crippen molar-refractivity contribution in [1.82, 2.24) is 4.90 Å². The summed E-state index contributed by atoms with van der Waals surface area (Å²) in [6.45, 7) is 5.61. The van der Waals surface area contributed by atoms with E-state index >= 15 is 0 Å². The van der Waals surface area contributed by atoms with Crippen LogP contribution in [0.2, 0.25) is 5.02 Å². The number of halogens is 3. The summed E-state index contributed by atoms with van der Waals surface area (Å²) in [7, 11) is 2.12. The fraction of sp³-hybridized carbons (Fsp3) is 0.462. The van der Waals surface area contributed by atoms with Gasteiger partial charge in [-0.2, -0.15) is 0 Å². The van der Waals surface area contributed by atoms with Crippen LogP contribution in [-0.4, -0.2) is 43.9 Å². The smallest absolute Gasteiger partial charge is 0.159 e. The molecule has 19 heavy (non-hydrogen) atoms. The van der Waals surface area contributed by atoms with Gasteiger partial charge in [0.15, 0.2) is 5.78 Å². The lowest BCUT2D eigenvalue weighted by Crippen LogP contribution is -2.44. The normalized spacial score (nSPS) is 15.4. The van der Waals surface area contributed by atoms with Gasteiger partial charge in [-0.15, -0.1) is 24.8 Å². The molecule has 0 amide bonds. The van der Waals surface area contributed by atoms with Crippen molar-refractivity contribution in [3.05, 3.63) is 28.8 Å². The van der Waals surface area contributed by atoms with Crippen molar-refractivity contribution < 1.29 is 4.79 Å². The number of hydrogen-bond acceptors (Lipinski definition) is 3. The van der Waals surface area contributed by atoms with Crippen molar-refractivity contribution in [2.75, 3.05) is 38.1 Å². The molecule has 1 fully saturated rings. The van der Waals surface area contributed by atoms with Crippen molar-refractivity contribution in [3.8, 4) is 0 Å². The van der Waals surface area contributed by atoms with Gasteiger partial charge in [0, 0.05) is 31.7 Å². The average Bonchev–Trinajstić information content (AvgIpc) is 2.30. The van der Waals surface area contributed by atoms with E-state index in [4.69, 9.17) is 11.6 Å². The first-order valence-electron chi connectivity index (χ1n) is 5.82. The second kappa shape index (κ2) is 7.95. The van der Waals surface area contributed by atoms with E-state index in [-0.39, 0.29) is 30.6 Å². The van der Waals surface area contributed by atoms with Crippen molar-refractivity contribution >= 4 is 47.9 Å². The molecule has 1 saturated heterocycles. The Kier molecular flexibility index (Phi) is 7.75. The molecule has 1 aromatic carbocycles. The van der Waals surface area contributed by atoms with Gasteiger partial charge in [0.1, 0.15) is 0 Å². The molecule has 1 aliphatic rings. The molecule has 0 radical (unpaired) electrons. The molecule has 0 spiro atoms. The third-order valence-corrected chi connectivity index (χ3v) is 3.50. The maximum atomic E-state index is 11.2. The van der Waals surface area contributed by atoms with Crippen LogP contribution < -0.4 is 4.90 Å². The second-order valence-electron chi connectivity index (χ2n) is 4.51. The Morgan fingerprint density at radius 1 is 1.16 bits per heavy atom. The number of nitrogens with zero attached hydrogens (tertiary/aromatic N) is 2. The van der Waals surface area contributed by atoms with E-state index in [0.717, 1.165) is 31.9 Å². The first kappa shape index (κ1) is 18.5. The SMILES string of the molecule is CC(=O)c1ccc(N2CCN(C)CC2)c(Cl)c1.Cl.Cl. The molecule has 6 heteroatoms. The molecular weight excluding hydrogens is 307 g/mol. The second-order valence-corrected chi connectivity index (χ2v) is 4.92. The summed E-state index contributed by atoms with van der Waals surface area (Å²) in [6, 6.07) is 5.56. The largest absolute Gasteiger partial charge is 0.368 e. The van der Waals surface area contributed by atoms with Crippen LogP contribution in [0.15, 0.2) is 18.2 Å². The van der Waals surface area contributed by atoms with E-state index in [2.05, 4.69) is 16.8 Å². The lowest BCUT2D eigenvalue weighted by molar-refractivity contribution is 0.101. The highest BCUT2D eigenvalue weighted by Gasteiger charge is 2.16. The molecule has 3 nitrogen and oxygen atoms in total. The third kappa shape index (κ3) is 4.53. The number of anilines is 1. The molecule has 1 aliphatic heterocycles. The summed E-state index contributed by atoms with van der Waals surface area (Å²) in [5, 5.41) is 0.669. The first-order chi connectivity index (χ1) is 8.08. The molecule has 0 saturated carbocycles. The molecule has 2 rings (SSSR count). The Bertz CT molecular complexity index is 432. The Morgan fingerprint density at radius 2 is 1.74 bits per heavy atom. The topological polar surface area (TPSA) is 23.6 Å². The standard InChI is InChI=1S/C13H17ClN2O.2ClH/c1-10(17)11-3-4-13(12(14)9-11)16-7-5-15(2)6-8-16;;/h3-4,9H,5-8H2,1-2H3;2*1H. The van der Waals surface area contributed by atoms with Crippen LogP contribution >= 0.6 is 36.4 Å². The predicted molar refractivity (Wildman–Crippen MR) is 85.7 cm³/mol. The minimum absolute atomic E-state index is 0. The van der Waals surface area contributed by atoms with Crippen LogP contribution in [0.1, 0.15) is 17.3 Å². The maximum Gasteiger partial charge on any atom is 0.159 e. The Balaban J connectivity index is 0.00000162. The highest BCUT2D eigenvalue weighted by atomic mass is 35.5. The Labute approximate surface area is 131 Å². The zero-order valence-electron chi connectivity index (χ0n) is 11.1. The first-order valence-corrected chi connectivity index (χ1v) is 6.19. The fourth-order valence-corrected chi connectivity index (χ4v) is 2.33. The van der Waals surface area contributed by atoms with Crippen molar-refractivity contribution in [2.24, 2.45) is 0 Å². The van der Waals surface area contributed by atoms with Gasteiger partial charge in [0.05, 0.1) is 10.7 Å². The molecule has 0 aromatic heterocycles. The van der Waals surface area contributed by atoms with E-state index in [9.17, 15) is 4.79 Å². The molecule has 0 bridgehead atoms. The van der Waals surface area contributed by atoms with E-state index < -0.39 is 0 Å². The molecule has 0 aliphatic carbocycles. The van der Waals surface area contributed by atoms with E-state index in [1.165, 1.54) is 0 Å². The number of rotatable bonds is 2. The van der Waals surface area contributed by atoms with E-state index in [0.29, 0.717) is 10.6 Å². The fourth-order valence-electron chi connectivity index (χ4n) is 2.03. The monoisotopic (exact) mass is 324 g/mol. The van der Waals surface area contributed by atoms with E-state index in [1.807, 2.05) is 12.1 Å². The van der Waals surface area contributed by atoms with Crippen LogP contribution in [0.4, 0.5) is 5.69 Å². The molecule has 1 heterocycles. The number of ketones is 1. The summed E-state index contributed by atoms with van der Waals surface area (Å²) in [6.07, 6.45) is 0. The number of carbonyl (C=O) groups excluding carboxylic acids is 1. The molecule has 0 unspecified atom stereocenters.